The van der Waals surface area contributed by atoms with E-state index in [4.69, 9.17) is 4.74 Å². The molecule has 0 bridgehead atoms. The summed E-state index contributed by atoms with van der Waals surface area (Å²) in [6.07, 6.45) is 1.12. The van der Waals surface area contributed by atoms with E-state index in [2.05, 4.69) is 0 Å². The second-order valence-corrected chi connectivity index (χ2v) is 3.43. The Morgan fingerprint density at radius 2 is 1.92 bits per heavy atom. The summed E-state index contributed by atoms with van der Waals surface area (Å²) < 4.78 is 5.21. The average molecular weight is 176 g/mol. The fraction of sp³-hybridized carbons (Fsp3) is 0.364. The van der Waals surface area contributed by atoms with E-state index in [0.717, 1.165) is 11.3 Å². The number of Topliss-reactive ketones (excluding diaryl/α,β-unsaturated/α-hetero) is 1. The van der Waals surface area contributed by atoms with Crippen LogP contribution in [-0.4, -0.2) is 12.9 Å². The Kier molecular flexibility index (Phi) is 1.83. The second-order valence-electron chi connectivity index (χ2n) is 3.43. The highest BCUT2D eigenvalue weighted by Crippen LogP contribution is 2.31. The third-order valence-corrected chi connectivity index (χ3v) is 2.59. The lowest BCUT2D eigenvalue weighted by atomic mass is 10.0. The van der Waals surface area contributed by atoms with Gasteiger partial charge in [0.25, 0.3) is 0 Å². The van der Waals surface area contributed by atoms with Gasteiger partial charge in [0.1, 0.15) is 11.5 Å². The fourth-order valence-corrected chi connectivity index (χ4v) is 1.88. The summed E-state index contributed by atoms with van der Waals surface area (Å²) >= 11 is 0. The van der Waals surface area contributed by atoms with E-state index < -0.39 is 0 Å². The molecule has 13 heavy (non-hydrogen) atoms. The van der Waals surface area contributed by atoms with Crippen molar-refractivity contribution in [3.8, 4) is 5.75 Å². The van der Waals surface area contributed by atoms with Crippen molar-refractivity contribution in [3.05, 3.63) is 28.8 Å². The number of ketones is 1. The highest BCUT2D eigenvalue weighted by Gasteiger charge is 2.23. The normalized spacial score (nSPS) is 14.5. The van der Waals surface area contributed by atoms with Gasteiger partial charge in [0, 0.05) is 18.4 Å². The monoisotopic (exact) mass is 176 g/mol. The zero-order valence-electron chi connectivity index (χ0n) is 7.89. The van der Waals surface area contributed by atoms with Gasteiger partial charge in [-0.3, -0.25) is 4.79 Å². The molecule has 2 rings (SSSR count). The summed E-state index contributed by atoms with van der Waals surface area (Å²) in [7, 11) is 1.65. The van der Waals surface area contributed by atoms with E-state index in [1.165, 1.54) is 11.1 Å². The molecule has 0 saturated heterocycles. The van der Waals surface area contributed by atoms with Crippen LogP contribution in [0, 0.1) is 6.92 Å². The predicted octanol–water partition coefficient (Wildman–Crippen LogP) is 1.67. The summed E-state index contributed by atoms with van der Waals surface area (Å²) in [6.45, 7) is 2.04. The van der Waals surface area contributed by atoms with Crippen LogP contribution in [0.15, 0.2) is 12.1 Å². The van der Waals surface area contributed by atoms with Crippen molar-refractivity contribution < 1.29 is 9.53 Å². The van der Waals surface area contributed by atoms with Crippen LogP contribution in [-0.2, 0) is 17.6 Å². The number of carbonyl (C=O) groups excluding carboxylic acids is 1. The quantitative estimate of drug-likeness (QED) is 0.650. The Morgan fingerprint density at radius 1 is 1.23 bits per heavy atom. The van der Waals surface area contributed by atoms with E-state index in [1.54, 1.807) is 7.11 Å². The summed E-state index contributed by atoms with van der Waals surface area (Å²) in [5.41, 5.74) is 3.46. The van der Waals surface area contributed by atoms with Gasteiger partial charge in [-0.05, 0) is 24.1 Å². The number of aryl methyl sites for hydroxylation is 1. The number of hydrogen-bond acceptors (Lipinski definition) is 2. The topological polar surface area (TPSA) is 26.3 Å². The van der Waals surface area contributed by atoms with E-state index in [9.17, 15) is 4.79 Å². The van der Waals surface area contributed by atoms with Crippen LogP contribution in [0.3, 0.4) is 0 Å². The van der Waals surface area contributed by atoms with Crippen molar-refractivity contribution in [2.45, 2.75) is 19.8 Å². The van der Waals surface area contributed by atoms with Crippen LogP contribution in [0.25, 0.3) is 0 Å². The molecule has 0 fully saturated rings. The first-order valence-electron chi connectivity index (χ1n) is 4.39. The Bertz CT molecular complexity index is 367. The number of fused-ring (bicyclic) bond motifs is 1. The van der Waals surface area contributed by atoms with E-state index in [-0.39, 0.29) is 0 Å². The summed E-state index contributed by atoms with van der Waals surface area (Å²) in [5, 5.41) is 0. The molecule has 0 heterocycles. The van der Waals surface area contributed by atoms with Gasteiger partial charge in [0.2, 0.25) is 0 Å². The minimum atomic E-state index is 0.294. The largest absolute Gasteiger partial charge is 0.496 e. The van der Waals surface area contributed by atoms with Gasteiger partial charge in [-0.1, -0.05) is 6.07 Å². The van der Waals surface area contributed by atoms with Gasteiger partial charge in [0.05, 0.1) is 7.11 Å². The lowest BCUT2D eigenvalue weighted by Gasteiger charge is -2.08. The van der Waals surface area contributed by atoms with Crippen molar-refractivity contribution in [1.82, 2.24) is 0 Å². The molecule has 0 aliphatic heterocycles. The predicted molar refractivity (Wildman–Crippen MR) is 50.1 cm³/mol. The smallest absolute Gasteiger partial charge is 0.141 e. The fourth-order valence-electron chi connectivity index (χ4n) is 1.88. The van der Waals surface area contributed by atoms with Crippen LogP contribution in [0.2, 0.25) is 0 Å². The minimum Gasteiger partial charge on any atom is -0.496 e. The standard InChI is InChI=1S/C11H12O2/c1-7-3-4-11(13-2)10-6-8(12)5-9(7)10/h3-4H,5-6H2,1-2H3. The van der Waals surface area contributed by atoms with Crippen molar-refractivity contribution in [1.29, 1.82) is 0 Å². The SMILES string of the molecule is COc1ccc(C)c2c1CC(=O)C2. The molecule has 2 nitrogen and oxygen atoms in total. The van der Waals surface area contributed by atoms with Gasteiger partial charge < -0.3 is 4.74 Å². The van der Waals surface area contributed by atoms with Crippen molar-refractivity contribution in [3.63, 3.8) is 0 Å². The number of rotatable bonds is 1. The molecule has 1 aromatic rings. The maximum absolute atomic E-state index is 11.3. The molecule has 0 N–H and O–H groups in total. The summed E-state index contributed by atoms with van der Waals surface area (Å²) in [5.74, 6) is 1.15. The van der Waals surface area contributed by atoms with Gasteiger partial charge >= 0.3 is 0 Å². The van der Waals surface area contributed by atoms with Crippen molar-refractivity contribution in [2.24, 2.45) is 0 Å². The summed E-state index contributed by atoms with van der Waals surface area (Å²) in [4.78, 5) is 11.3. The third-order valence-electron chi connectivity index (χ3n) is 2.59. The molecule has 0 unspecified atom stereocenters. The van der Waals surface area contributed by atoms with Crippen LogP contribution in [0.1, 0.15) is 16.7 Å². The number of benzene rings is 1. The minimum absolute atomic E-state index is 0.294. The number of methoxy groups -OCH3 is 1. The first kappa shape index (κ1) is 8.30. The Balaban J connectivity index is 2.58. The van der Waals surface area contributed by atoms with Gasteiger partial charge in [-0.15, -0.1) is 0 Å². The molecule has 0 atom stereocenters. The molecule has 0 aromatic heterocycles. The van der Waals surface area contributed by atoms with Crippen molar-refractivity contribution >= 4 is 5.78 Å². The van der Waals surface area contributed by atoms with Crippen LogP contribution in [0.4, 0.5) is 0 Å². The Morgan fingerprint density at radius 3 is 2.62 bits per heavy atom. The number of hydrogen-bond donors (Lipinski definition) is 0. The summed E-state index contributed by atoms with van der Waals surface area (Å²) in [6, 6.07) is 3.95. The lowest BCUT2D eigenvalue weighted by molar-refractivity contribution is -0.117. The second kappa shape index (κ2) is 2.87. The molecule has 1 aromatic carbocycles. The molecule has 0 amide bonds. The maximum Gasteiger partial charge on any atom is 0.141 e. The zero-order chi connectivity index (χ0) is 9.42. The molecule has 2 heteroatoms. The molecular formula is C11H12O2. The first-order chi connectivity index (χ1) is 6.22. The molecule has 68 valence electrons. The van der Waals surface area contributed by atoms with Gasteiger partial charge in [-0.25, -0.2) is 0 Å². The molecule has 0 radical (unpaired) electrons. The zero-order valence-corrected chi connectivity index (χ0v) is 7.89. The van der Waals surface area contributed by atoms with Crippen LogP contribution >= 0.6 is 0 Å². The van der Waals surface area contributed by atoms with Crippen LogP contribution in [0.5, 0.6) is 5.75 Å². The Hall–Kier alpha value is -1.31. The van der Waals surface area contributed by atoms with E-state index >= 15 is 0 Å². The lowest BCUT2D eigenvalue weighted by Crippen LogP contribution is -1.94. The molecule has 1 aliphatic carbocycles. The van der Waals surface area contributed by atoms with E-state index in [0.29, 0.717) is 18.6 Å². The van der Waals surface area contributed by atoms with E-state index in [1.807, 2.05) is 19.1 Å². The molecule has 0 spiro atoms. The van der Waals surface area contributed by atoms with Crippen molar-refractivity contribution in [2.75, 3.05) is 7.11 Å². The molecule has 1 aliphatic rings. The Labute approximate surface area is 77.5 Å². The molecular weight excluding hydrogens is 164 g/mol. The van der Waals surface area contributed by atoms with Gasteiger partial charge in [0.15, 0.2) is 0 Å². The van der Waals surface area contributed by atoms with Gasteiger partial charge in [-0.2, -0.15) is 0 Å². The molecule has 0 saturated carbocycles. The third kappa shape index (κ3) is 1.22. The highest BCUT2D eigenvalue weighted by molar-refractivity contribution is 5.89. The maximum atomic E-state index is 11.3. The van der Waals surface area contributed by atoms with Crippen LogP contribution < -0.4 is 4.74 Å². The highest BCUT2D eigenvalue weighted by atomic mass is 16.5. The first-order valence-corrected chi connectivity index (χ1v) is 4.39. The number of carbonyl (C=O) groups is 1. The number of ether oxygens (including phenoxy) is 1. The average Bonchev–Trinajstić information content (AvgIpc) is 2.48.